The van der Waals surface area contributed by atoms with Crippen molar-refractivity contribution in [2.75, 3.05) is 19.6 Å². The summed E-state index contributed by atoms with van der Waals surface area (Å²) in [5, 5.41) is 0. The van der Waals surface area contributed by atoms with Crippen LogP contribution in [0.4, 0.5) is 0 Å². The minimum absolute atomic E-state index is 0.379. The normalized spacial score (nSPS) is 44.8. The maximum Gasteiger partial charge on any atom is 0.0334 e. The smallest absolute Gasteiger partial charge is 0.0334 e. The van der Waals surface area contributed by atoms with Gasteiger partial charge in [-0.15, -0.1) is 0 Å². The van der Waals surface area contributed by atoms with E-state index < -0.39 is 0 Å². The van der Waals surface area contributed by atoms with Crippen molar-refractivity contribution in [2.24, 2.45) is 17.6 Å². The van der Waals surface area contributed by atoms with E-state index in [-0.39, 0.29) is 0 Å². The second-order valence-electron chi connectivity index (χ2n) is 5.47. The van der Waals surface area contributed by atoms with Crippen molar-refractivity contribution in [3.63, 3.8) is 0 Å². The van der Waals surface area contributed by atoms with Crippen molar-refractivity contribution in [2.45, 2.75) is 45.1 Å². The highest BCUT2D eigenvalue weighted by atomic mass is 15.2. The summed E-state index contributed by atoms with van der Waals surface area (Å²) in [6.45, 7) is 8.23. The Labute approximate surface area is 87.8 Å². The van der Waals surface area contributed by atoms with Gasteiger partial charge in [-0.05, 0) is 50.6 Å². The van der Waals surface area contributed by atoms with E-state index in [9.17, 15) is 0 Å². The van der Waals surface area contributed by atoms with Crippen LogP contribution in [0.2, 0.25) is 0 Å². The first-order valence-electron chi connectivity index (χ1n) is 6.13. The molecule has 14 heavy (non-hydrogen) atoms. The van der Waals surface area contributed by atoms with Gasteiger partial charge in [0.25, 0.3) is 0 Å². The summed E-state index contributed by atoms with van der Waals surface area (Å²) in [6.07, 6.45) is 5.40. The molecule has 0 amide bonds. The van der Waals surface area contributed by atoms with Crippen LogP contribution in [-0.4, -0.2) is 30.1 Å². The molecule has 1 heterocycles. The fourth-order valence-corrected chi connectivity index (χ4v) is 3.08. The third-order valence-electron chi connectivity index (χ3n) is 4.65. The van der Waals surface area contributed by atoms with Gasteiger partial charge in [-0.2, -0.15) is 0 Å². The number of hydrogen-bond donors (Lipinski definition) is 1. The Balaban J connectivity index is 2.04. The van der Waals surface area contributed by atoms with Crippen LogP contribution in [0.1, 0.15) is 39.5 Å². The van der Waals surface area contributed by atoms with Crippen molar-refractivity contribution >= 4 is 0 Å². The Morgan fingerprint density at radius 3 is 2.43 bits per heavy atom. The molecule has 0 radical (unpaired) electrons. The lowest BCUT2D eigenvalue weighted by molar-refractivity contribution is -0.0185. The zero-order valence-electron chi connectivity index (χ0n) is 9.63. The topological polar surface area (TPSA) is 29.3 Å². The maximum absolute atomic E-state index is 6.01. The lowest BCUT2D eigenvalue weighted by atomic mass is 9.69. The number of nitrogens with zero attached hydrogens (tertiary/aromatic N) is 1. The van der Waals surface area contributed by atoms with Crippen LogP contribution >= 0.6 is 0 Å². The Morgan fingerprint density at radius 1 is 1.29 bits per heavy atom. The van der Waals surface area contributed by atoms with Crippen molar-refractivity contribution in [3.05, 3.63) is 0 Å². The first-order valence-corrected chi connectivity index (χ1v) is 6.13. The van der Waals surface area contributed by atoms with E-state index in [0.717, 1.165) is 18.4 Å². The zero-order chi connectivity index (χ0) is 10.2. The van der Waals surface area contributed by atoms with Crippen LogP contribution in [0.5, 0.6) is 0 Å². The molecule has 1 aliphatic heterocycles. The second-order valence-corrected chi connectivity index (χ2v) is 5.47. The van der Waals surface area contributed by atoms with E-state index in [0.29, 0.717) is 5.54 Å². The summed E-state index contributed by atoms with van der Waals surface area (Å²) in [4.78, 5) is 2.63. The van der Waals surface area contributed by atoms with Crippen LogP contribution in [0.3, 0.4) is 0 Å². The number of hydrogen-bond acceptors (Lipinski definition) is 2. The molecule has 2 aliphatic rings. The molecule has 0 aromatic heterocycles. The van der Waals surface area contributed by atoms with Gasteiger partial charge in [0.15, 0.2) is 0 Å². The molecule has 2 rings (SSSR count). The molecule has 1 saturated carbocycles. The van der Waals surface area contributed by atoms with Gasteiger partial charge in [0.2, 0.25) is 0 Å². The standard InChI is InChI=1S/C12H24N2/c1-10-4-5-12(9-13,8-11(10)2)14-6-3-7-14/h10-11H,3-9,13H2,1-2H3. The molecule has 2 heteroatoms. The van der Waals surface area contributed by atoms with E-state index in [1.807, 2.05) is 0 Å². The summed E-state index contributed by atoms with van der Waals surface area (Å²) in [5.41, 5.74) is 6.39. The van der Waals surface area contributed by atoms with E-state index in [1.165, 1.54) is 38.8 Å². The molecule has 3 unspecified atom stereocenters. The summed E-state index contributed by atoms with van der Waals surface area (Å²) < 4.78 is 0. The van der Waals surface area contributed by atoms with Crippen molar-refractivity contribution in [1.29, 1.82) is 0 Å². The molecule has 0 spiro atoms. The first kappa shape index (κ1) is 10.4. The van der Waals surface area contributed by atoms with E-state index in [1.54, 1.807) is 0 Å². The lowest BCUT2D eigenvalue weighted by Gasteiger charge is -2.53. The molecular formula is C12H24N2. The number of likely N-dealkylation sites (tertiary alicyclic amines) is 1. The van der Waals surface area contributed by atoms with Gasteiger partial charge in [-0.3, -0.25) is 4.90 Å². The number of nitrogens with two attached hydrogens (primary N) is 1. The van der Waals surface area contributed by atoms with Crippen LogP contribution in [-0.2, 0) is 0 Å². The quantitative estimate of drug-likeness (QED) is 0.730. The zero-order valence-corrected chi connectivity index (χ0v) is 9.63. The summed E-state index contributed by atoms with van der Waals surface area (Å²) in [7, 11) is 0. The molecule has 2 N–H and O–H groups in total. The minimum atomic E-state index is 0.379. The molecule has 0 aromatic rings. The average molecular weight is 196 g/mol. The fourth-order valence-electron chi connectivity index (χ4n) is 3.08. The molecule has 0 bridgehead atoms. The highest BCUT2D eigenvalue weighted by Crippen LogP contribution is 2.41. The van der Waals surface area contributed by atoms with Gasteiger partial charge >= 0.3 is 0 Å². The monoisotopic (exact) mass is 196 g/mol. The molecule has 1 saturated heterocycles. The first-order chi connectivity index (χ1) is 6.68. The van der Waals surface area contributed by atoms with Gasteiger partial charge in [0.05, 0.1) is 0 Å². The predicted molar refractivity (Wildman–Crippen MR) is 60.2 cm³/mol. The minimum Gasteiger partial charge on any atom is -0.329 e. The van der Waals surface area contributed by atoms with E-state index in [2.05, 4.69) is 18.7 Å². The molecule has 1 aliphatic carbocycles. The molecule has 2 nitrogen and oxygen atoms in total. The van der Waals surface area contributed by atoms with Crippen molar-refractivity contribution in [3.8, 4) is 0 Å². The van der Waals surface area contributed by atoms with Crippen LogP contribution in [0.25, 0.3) is 0 Å². The van der Waals surface area contributed by atoms with Gasteiger partial charge in [0, 0.05) is 12.1 Å². The second kappa shape index (κ2) is 3.82. The lowest BCUT2D eigenvalue weighted by Crippen LogP contribution is -2.61. The van der Waals surface area contributed by atoms with Crippen molar-refractivity contribution < 1.29 is 0 Å². The van der Waals surface area contributed by atoms with Crippen molar-refractivity contribution in [1.82, 2.24) is 4.90 Å². The molecule has 2 fully saturated rings. The van der Waals surface area contributed by atoms with Gasteiger partial charge in [0.1, 0.15) is 0 Å². The summed E-state index contributed by atoms with van der Waals surface area (Å²) >= 11 is 0. The Kier molecular flexibility index (Phi) is 2.85. The highest BCUT2D eigenvalue weighted by molar-refractivity contribution is 4.99. The number of rotatable bonds is 2. The van der Waals surface area contributed by atoms with Gasteiger partial charge < -0.3 is 5.73 Å². The SMILES string of the molecule is CC1CCC(CN)(N2CCC2)CC1C. The Morgan fingerprint density at radius 2 is 2.00 bits per heavy atom. The van der Waals surface area contributed by atoms with Crippen LogP contribution in [0.15, 0.2) is 0 Å². The summed E-state index contributed by atoms with van der Waals surface area (Å²) in [6, 6.07) is 0. The summed E-state index contributed by atoms with van der Waals surface area (Å²) in [5.74, 6) is 1.75. The van der Waals surface area contributed by atoms with Gasteiger partial charge in [-0.25, -0.2) is 0 Å². The Hall–Kier alpha value is -0.0800. The van der Waals surface area contributed by atoms with E-state index in [4.69, 9.17) is 5.73 Å². The Bertz CT molecular complexity index is 200. The van der Waals surface area contributed by atoms with Crippen LogP contribution < -0.4 is 5.73 Å². The molecule has 0 aromatic carbocycles. The molecule has 3 atom stereocenters. The third-order valence-corrected chi connectivity index (χ3v) is 4.65. The molecule has 82 valence electrons. The van der Waals surface area contributed by atoms with Gasteiger partial charge in [-0.1, -0.05) is 13.8 Å². The maximum atomic E-state index is 6.01. The largest absolute Gasteiger partial charge is 0.329 e. The third kappa shape index (κ3) is 1.59. The fraction of sp³-hybridized carbons (Fsp3) is 1.00. The average Bonchev–Trinajstić information content (AvgIpc) is 2.09. The van der Waals surface area contributed by atoms with Crippen LogP contribution in [0, 0.1) is 11.8 Å². The highest BCUT2D eigenvalue weighted by Gasteiger charge is 2.42. The molecular weight excluding hydrogens is 172 g/mol. The predicted octanol–water partition coefficient (Wildman–Crippen LogP) is 1.85. The van der Waals surface area contributed by atoms with E-state index >= 15 is 0 Å².